The van der Waals surface area contributed by atoms with Gasteiger partial charge >= 0.3 is 0 Å². The summed E-state index contributed by atoms with van der Waals surface area (Å²) in [5.74, 6) is 1.14. The Morgan fingerprint density at radius 1 is 1.00 bits per heavy atom. The van der Waals surface area contributed by atoms with Crippen LogP contribution in [0.15, 0.2) is 12.2 Å². The first-order valence-electron chi connectivity index (χ1n) is 9.86. The molecule has 5 heteroatoms. The quantitative estimate of drug-likeness (QED) is 0.327. The minimum atomic E-state index is -0.0816. The summed E-state index contributed by atoms with van der Waals surface area (Å²) < 4.78 is 11.2. The number of fused-ring (bicyclic) bond motifs is 5. The van der Waals surface area contributed by atoms with Crippen molar-refractivity contribution >= 4 is 11.8 Å². The van der Waals surface area contributed by atoms with Crippen LogP contribution in [0, 0.1) is 29.6 Å². The Morgan fingerprint density at radius 2 is 1.60 bits per heavy atom. The zero-order valence-electron chi connectivity index (χ0n) is 15.5. The summed E-state index contributed by atoms with van der Waals surface area (Å²) in [5, 5.41) is 0. The lowest BCUT2D eigenvalue weighted by molar-refractivity contribution is -0.140. The maximum Gasteiger partial charge on any atom is 0.233 e. The number of nitrogens with zero attached hydrogens (tertiary/aromatic N) is 1. The number of imide groups is 1. The second kappa shape index (κ2) is 8.45. The van der Waals surface area contributed by atoms with E-state index in [1.165, 1.54) is 4.90 Å². The van der Waals surface area contributed by atoms with Crippen LogP contribution in [0.5, 0.6) is 0 Å². The van der Waals surface area contributed by atoms with Crippen LogP contribution in [0.3, 0.4) is 0 Å². The number of ether oxygens (including phenoxy) is 2. The second-order valence-electron chi connectivity index (χ2n) is 7.55. The molecule has 2 amide bonds. The van der Waals surface area contributed by atoms with E-state index in [2.05, 4.69) is 26.0 Å². The molecule has 3 aliphatic rings. The molecule has 5 nitrogen and oxygen atoms in total. The molecular weight excluding hydrogens is 318 g/mol. The highest BCUT2D eigenvalue weighted by Crippen LogP contribution is 2.52. The van der Waals surface area contributed by atoms with Crippen molar-refractivity contribution in [1.29, 1.82) is 0 Å². The zero-order chi connectivity index (χ0) is 17.8. The fourth-order valence-electron chi connectivity index (χ4n) is 4.50. The van der Waals surface area contributed by atoms with Gasteiger partial charge in [-0.15, -0.1) is 0 Å². The van der Waals surface area contributed by atoms with Crippen molar-refractivity contribution in [3.63, 3.8) is 0 Å². The van der Waals surface area contributed by atoms with Crippen LogP contribution in [0.2, 0.25) is 0 Å². The summed E-state index contributed by atoms with van der Waals surface area (Å²) in [7, 11) is 0. The van der Waals surface area contributed by atoms with E-state index in [4.69, 9.17) is 9.47 Å². The third-order valence-corrected chi connectivity index (χ3v) is 6.11. The van der Waals surface area contributed by atoms with Crippen molar-refractivity contribution in [3.8, 4) is 0 Å². The average Bonchev–Trinajstić information content (AvgIpc) is 3.29. The predicted molar refractivity (Wildman–Crippen MR) is 94.8 cm³/mol. The van der Waals surface area contributed by atoms with Gasteiger partial charge in [-0.05, 0) is 30.6 Å². The highest BCUT2D eigenvalue weighted by atomic mass is 16.5. The van der Waals surface area contributed by atoms with E-state index in [1.54, 1.807) is 0 Å². The van der Waals surface area contributed by atoms with E-state index in [-0.39, 0.29) is 23.7 Å². The van der Waals surface area contributed by atoms with Crippen LogP contribution in [0.1, 0.15) is 39.5 Å². The molecule has 25 heavy (non-hydrogen) atoms. The number of hydrogen-bond acceptors (Lipinski definition) is 4. The summed E-state index contributed by atoms with van der Waals surface area (Å²) >= 11 is 0. The molecule has 1 saturated heterocycles. The second-order valence-corrected chi connectivity index (χ2v) is 7.55. The lowest BCUT2D eigenvalue weighted by Gasteiger charge is -2.17. The third kappa shape index (κ3) is 3.82. The molecule has 2 aliphatic carbocycles. The molecule has 0 N–H and O–H groups in total. The smallest absolute Gasteiger partial charge is 0.233 e. The Labute approximate surface area is 150 Å². The molecule has 1 heterocycles. The summed E-state index contributed by atoms with van der Waals surface area (Å²) in [6, 6.07) is 0. The van der Waals surface area contributed by atoms with Crippen LogP contribution < -0.4 is 0 Å². The standard InChI is InChI=1S/C20H31NO4/c1-3-14(4-2)13-25-11-10-24-9-5-8-21-19(22)17-15-6-7-16(12-15)18(17)20(21)23/h6-7,14-18H,3-5,8-13H2,1-2H3/t15-,16-,17-,18+/m0/s1. The maximum atomic E-state index is 12.5. The number of carbonyl (C=O) groups excluding carboxylic acids is 2. The first kappa shape index (κ1) is 18.6. The molecule has 4 atom stereocenters. The summed E-state index contributed by atoms with van der Waals surface area (Å²) in [6.07, 6.45) is 8.24. The van der Waals surface area contributed by atoms with E-state index >= 15 is 0 Å². The monoisotopic (exact) mass is 349 g/mol. The predicted octanol–water partition coefficient (Wildman–Crippen LogP) is 2.65. The van der Waals surface area contributed by atoms with Crippen LogP contribution in [-0.2, 0) is 19.1 Å². The summed E-state index contributed by atoms with van der Waals surface area (Å²) in [6.45, 7) is 7.39. The van der Waals surface area contributed by atoms with E-state index in [0.717, 1.165) is 25.9 Å². The van der Waals surface area contributed by atoms with Crippen molar-refractivity contribution in [2.24, 2.45) is 29.6 Å². The van der Waals surface area contributed by atoms with E-state index in [9.17, 15) is 9.59 Å². The van der Waals surface area contributed by atoms with Gasteiger partial charge in [-0.25, -0.2) is 0 Å². The Balaban J connectivity index is 1.29. The molecule has 0 radical (unpaired) electrons. The van der Waals surface area contributed by atoms with Gasteiger partial charge in [0.15, 0.2) is 0 Å². The van der Waals surface area contributed by atoms with Gasteiger partial charge in [0, 0.05) is 19.8 Å². The first-order chi connectivity index (χ1) is 12.2. The lowest BCUT2D eigenvalue weighted by Crippen LogP contribution is -2.34. The Morgan fingerprint density at radius 3 is 2.20 bits per heavy atom. The number of allylic oxidation sites excluding steroid dienone is 2. The highest BCUT2D eigenvalue weighted by molar-refractivity contribution is 6.06. The van der Waals surface area contributed by atoms with E-state index < -0.39 is 0 Å². The number of carbonyl (C=O) groups is 2. The minimum absolute atomic E-state index is 0.0420. The van der Waals surface area contributed by atoms with Gasteiger partial charge in [0.1, 0.15) is 0 Å². The van der Waals surface area contributed by atoms with Crippen molar-refractivity contribution in [2.75, 3.05) is 33.0 Å². The number of likely N-dealkylation sites (tertiary alicyclic amines) is 1. The van der Waals surface area contributed by atoms with Gasteiger partial charge in [-0.2, -0.15) is 0 Å². The molecule has 3 rings (SSSR count). The van der Waals surface area contributed by atoms with Crippen LogP contribution in [-0.4, -0.2) is 49.7 Å². The van der Waals surface area contributed by atoms with Crippen molar-refractivity contribution < 1.29 is 19.1 Å². The molecule has 0 spiro atoms. The molecule has 2 bridgehead atoms. The SMILES string of the molecule is CCC(CC)COCCOCCCN1C(=O)[C@@H]2[C@H](C1=O)[C@H]1C=C[C@H]2C1. The van der Waals surface area contributed by atoms with Crippen molar-refractivity contribution in [1.82, 2.24) is 4.90 Å². The third-order valence-electron chi connectivity index (χ3n) is 6.11. The van der Waals surface area contributed by atoms with Gasteiger partial charge in [-0.1, -0.05) is 38.8 Å². The average molecular weight is 349 g/mol. The molecule has 140 valence electrons. The molecule has 2 fully saturated rings. The number of amides is 2. The highest BCUT2D eigenvalue weighted by Gasteiger charge is 2.58. The molecule has 1 aliphatic heterocycles. The van der Waals surface area contributed by atoms with Gasteiger partial charge in [0.05, 0.1) is 25.0 Å². The molecular formula is C20H31NO4. The van der Waals surface area contributed by atoms with Crippen molar-refractivity contribution in [2.45, 2.75) is 39.5 Å². The van der Waals surface area contributed by atoms with Crippen LogP contribution in [0.25, 0.3) is 0 Å². The van der Waals surface area contributed by atoms with Crippen LogP contribution >= 0.6 is 0 Å². The molecule has 0 aromatic carbocycles. The van der Waals surface area contributed by atoms with Gasteiger partial charge in [-0.3, -0.25) is 14.5 Å². The van der Waals surface area contributed by atoms with Crippen LogP contribution in [0.4, 0.5) is 0 Å². The topological polar surface area (TPSA) is 55.8 Å². The molecule has 0 unspecified atom stereocenters. The van der Waals surface area contributed by atoms with E-state index in [1.807, 2.05) is 0 Å². The number of rotatable bonds is 11. The largest absolute Gasteiger partial charge is 0.379 e. The molecule has 1 saturated carbocycles. The fraction of sp³-hybridized carbons (Fsp3) is 0.800. The molecule has 0 aromatic rings. The Hall–Kier alpha value is -1.20. The van der Waals surface area contributed by atoms with Gasteiger partial charge < -0.3 is 9.47 Å². The summed E-state index contributed by atoms with van der Waals surface area (Å²) in [4.78, 5) is 26.5. The maximum absolute atomic E-state index is 12.5. The fourth-order valence-corrected chi connectivity index (χ4v) is 4.50. The molecule has 0 aromatic heterocycles. The Kier molecular flexibility index (Phi) is 6.29. The lowest BCUT2D eigenvalue weighted by atomic mass is 9.85. The normalized spacial score (nSPS) is 30.1. The minimum Gasteiger partial charge on any atom is -0.379 e. The van der Waals surface area contributed by atoms with Crippen molar-refractivity contribution in [3.05, 3.63) is 12.2 Å². The summed E-state index contributed by atoms with van der Waals surface area (Å²) in [5.41, 5.74) is 0. The first-order valence-corrected chi connectivity index (χ1v) is 9.86. The van der Waals surface area contributed by atoms with E-state index in [0.29, 0.717) is 50.5 Å². The zero-order valence-corrected chi connectivity index (χ0v) is 15.5. The van der Waals surface area contributed by atoms with Gasteiger partial charge in [0.2, 0.25) is 11.8 Å². The number of hydrogen-bond donors (Lipinski definition) is 0. The van der Waals surface area contributed by atoms with Gasteiger partial charge in [0.25, 0.3) is 0 Å². The Bertz CT molecular complexity index is 484.